The van der Waals surface area contributed by atoms with Crippen LogP contribution in [-0.2, 0) is 16.1 Å². The van der Waals surface area contributed by atoms with Gasteiger partial charge in [0.05, 0.1) is 6.10 Å². The van der Waals surface area contributed by atoms with Crippen LogP contribution in [-0.4, -0.2) is 34.1 Å². The van der Waals surface area contributed by atoms with Gasteiger partial charge in [0.15, 0.2) is 0 Å². The second-order valence-electron chi connectivity index (χ2n) is 6.73. The first-order valence-corrected chi connectivity index (χ1v) is 8.76. The highest BCUT2D eigenvalue weighted by Gasteiger charge is 2.16. The van der Waals surface area contributed by atoms with Crippen molar-refractivity contribution in [2.45, 2.75) is 46.3 Å². The largest absolute Gasteiger partial charge is 0.391 e. The Hall–Kier alpha value is -2.34. The van der Waals surface area contributed by atoms with Gasteiger partial charge in [-0.1, -0.05) is 20.8 Å². The van der Waals surface area contributed by atoms with E-state index in [4.69, 9.17) is 0 Å². The third-order valence-electron chi connectivity index (χ3n) is 3.94. The number of rotatable bonds is 7. The van der Waals surface area contributed by atoms with Crippen molar-refractivity contribution in [1.29, 1.82) is 0 Å². The van der Waals surface area contributed by atoms with E-state index in [1.165, 1.54) is 0 Å². The average Bonchev–Trinajstić information content (AvgIpc) is 2.94. The molecule has 1 aromatic heterocycles. The molecule has 136 valence electrons. The first-order valence-electron chi connectivity index (χ1n) is 8.76. The summed E-state index contributed by atoms with van der Waals surface area (Å²) in [5.74, 6) is -1.15. The maximum Gasteiger partial charge on any atom is 0.313 e. The fourth-order valence-electron chi connectivity index (χ4n) is 2.82. The molecule has 25 heavy (non-hydrogen) atoms. The average molecular weight is 345 g/mol. The van der Waals surface area contributed by atoms with Gasteiger partial charge in [-0.3, -0.25) is 9.59 Å². The summed E-state index contributed by atoms with van der Waals surface area (Å²) < 4.78 is 2.16. The molecule has 1 aromatic carbocycles. The van der Waals surface area contributed by atoms with Gasteiger partial charge in [-0.2, -0.15) is 0 Å². The van der Waals surface area contributed by atoms with Gasteiger partial charge in [0, 0.05) is 35.9 Å². The number of aryl methyl sites for hydroxylation is 1. The topological polar surface area (TPSA) is 83.4 Å². The van der Waals surface area contributed by atoms with Crippen LogP contribution >= 0.6 is 0 Å². The zero-order valence-corrected chi connectivity index (χ0v) is 15.1. The Morgan fingerprint density at radius 3 is 2.64 bits per heavy atom. The number of hydrogen-bond donors (Lipinski definition) is 3. The highest BCUT2D eigenvalue weighted by Crippen LogP contribution is 2.20. The van der Waals surface area contributed by atoms with Gasteiger partial charge >= 0.3 is 11.8 Å². The number of nitrogens with one attached hydrogen (secondary N) is 2. The minimum Gasteiger partial charge on any atom is -0.391 e. The van der Waals surface area contributed by atoms with Gasteiger partial charge in [-0.25, -0.2) is 0 Å². The van der Waals surface area contributed by atoms with Crippen LogP contribution in [0.5, 0.6) is 0 Å². The molecule has 1 unspecified atom stereocenters. The van der Waals surface area contributed by atoms with Crippen molar-refractivity contribution in [3.05, 3.63) is 30.5 Å². The number of hydrogen-bond acceptors (Lipinski definition) is 3. The highest BCUT2D eigenvalue weighted by atomic mass is 16.3. The van der Waals surface area contributed by atoms with E-state index in [1.54, 1.807) is 6.07 Å². The molecule has 0 aliphatic carbocycles. The molecule has 0 spiro atoms. The molecule has 6 nitrogen and oxygen atoms in total. The van der Waals surface area contributed by atoms with E-state index >= 15 is 0 Å². The number of aliphatic hydroxyl groups excluding tert-OH is 1. The Kier molecular flexibility index (Phi) is 6.58. The molecule has 0 aliphatic rings. The summed E-state index contributed by atoms with van der Waals surface area (Å²) in [5.41, 5.74) is 1.67. The lowest BCUT2D eigenvalue weighted by Gasteiger charge is -2.13. The number of carbonyl (C=O) groups excluding carboxylic acids is 2. The van der Waals surface area contributed by atoms with Crippen molar-refractivity contribution in [2.24, 2.45) is 5.92 Å². The minimum atomic E-state index is -0.744. The zero-order chi connectivity index (χ0) is 18.4. The molecular formula is C19H27N3O3. The maximum absolute atomic E-state index is 12.0. The summed E-state index contributed by atoms with van der Waals surface area (Å²) in [6.07, 6.45) is 2.99. The molecule has 3 N–H and O–H groups in total. The van der Waals surface area contributed by atoms with Crippen molar-refractivity contribution in [3.63, 3.8) is 0 Å². The number of anilines is 1. The Morgan fingerprint density at radius 2 is 1.96 bits per heavy atom. The van der Waals surface area contributed by atoms with Gasteiger partial charge < -0.3 is 20.3 Å². The second-order valence-corrected chi connectivity index (χ2v) is 6.73. The first kappa shape index (κ1) is 19.0. The van der Waals surface area contributed by atoms with E-state index < -0.39 is 17.9 Å². The minimum absolute atomic E-state index is 0.0728. The van der Waals surface area contributed by atoms with Gasteiger partial charge in [-0.15, -0.1) is 0 Å². The third-order valence-corrected chi connectivity index (χ3v) is 3.94. The molecule has 0 saturated heterocycles. The number of fused-ring (bicyclic) bond motifs is 1. The predicted molar refractivity (Wildman–Crippen MR) is 99.3 cm³/mol. The first-order chi connectivity index (χ1) is 11.9. The monoisotopic (exact) mass is 345 g/mol. The van der Waals surface area contributed by atoms with E-state index in [2.05, 4.69) is 22.1 Å². The Morgan fingerprint density at radius 1 is 1.20 bits per heavy atom. The van der Waals surface area contributed by atoms with Gasteiger partial charge in [0.2, 0.25) is 0 Å². The van der Waals surface area contributed by atoms with Crippen LogP contribution in [0, 0.1) is 5.92 Å². The highest BCUT2D eigenvalue weighted by molar-refractivity contribution is 6.39. The Balaban J connectivity index is 1.93. The lowest BCUT2D eigenvalue weighted by atomic mass is 10.1. The SMILES string of the molecule is CCCn1ccc2cc(NC(=O)C(=O)NCC(O)CC(C)C)ccc21. The van der Waals surface area contributed by atoms with E-state index in [0.717, 1.165) is 23.9 Å². The molecular weight excluding hydrogens is 318 g/mol. The van der Waals surface area contributed by atoms with Crippen LogP contribution in [0.4, 0.5) is 5.69 Å². The summed E-state index contributed by atoms with van der Waals surface area (Å²) in [7, 11) is 0. The lowest BCUT2D eigenvalue weighted by molar-refractivity contribution is -0.136. The molecule has 0 radical (unpaired) electrons. The lowest BCUT2D eigenvalue weighted by Crippen LogP contribution is -2.39. The number of carbonyl (C=O) groups is 2. The number of benzene rings is 1. The molecule has 2 aromatic rings. The van der Waals surface area contributed by atoms with E-state index in [9.17, 15) is 14.7 Å². The Labute approximate surface area is 148 Å². The summed E-state index contributed by atoms with van der Waals surface area (Å²) >= 11 is 0. The van der Waals surface area contributed by atoms with Gasteiger partial charge in [0.25, 0.3) is 0 Å². The summed E-state index contributed by atoms with van der Waals surface area (Å²) in [5, 5.41) is 15.8. The number of aliphatic hydroxyl groups is 1. The van der Waals surface area contributed by atoms with Gasteiger partial charge in [-0.05, 0) is 43.0 Å². The van der Waals surface area contributed by atoms with E-state index in [0.29, 0.717) is 18.0 Å². The van der Waals surface area contributed by atoms with Crippen LogP contribution in [0.3, 0.4) is 0 Å². The fraction of sp³-hybridized carbons (Fsp3) is 0.474. The number of amides is 2. The van der Waals surface area contributed by atoms with Gasteiger partial charge in [0.1, 0.15) is 0 Å². The Bertz CT molecular complexity index is 737. The summed E-state index contributed by atoms with van der Waals surface area (Å²) in [4.78, 5) is 23.8. The van der Waals surface area contributed by atoms with E-state index in [-0.39, 0.29) is 6.54 Å². The molecule has 0 bridgehead atoms. The van der Waals surface area contributed by atoms with Crippen LogP contribution in [0.15, 0.2) is 30.5 Å². The van der Waals surface area contributed by atoms with Crippen molar-refractivity contribution < 1.29 is 14.7 Å². The molecule has 6 heteroatoms. The second kappa shape index (κ2) is 8.67. The molecule has 0 saturated carbocycles. The maximum atomic E-state index is 12.0. The predicted octanol–water partition coefficient (Wildman–Crippen LogP) is 2.51. The van der Waals surface area contributed by atoms with Crippen LogP contribution < -0.4 is 10.6 Å². The van der Waals surface area contributed by atoms with Crippen molar-refractivity contribution in [3.8, 4) is 0 Å². The molecule has 0 fully saturated rings. The fourth-order valence-corrected chi connectivity index (χ4v) is 2.82. The van der Waals surface area contributed by atoms with Crippen molar-refractivity contribution >= 4 is 28.4 Å². The van der Waals surface area contributed by atoms with Crippen LogP contribution in [0.1, 0.15) is 33.6 Å². The van der Waals surface area contributed by atoms with Crippen LogP contribution in [0.2, 0.25) is 0 Å². The van der Waals surface area contributed by atoms with Crippen molar-refractivity contribution in [1.82, 2.24) is 9.88 Å². The molecule has 1 heterocycles. The molecule has 0 aliphatic heterocycles. The summed E-state index contributed by atoms with van der Waals surface area (Å²) in [6, 6.07) is 7.56. The quantitative estimate of drug-likeness (QED) is 0.674. The third kappa shape index (κ3) is 5.32. The molecule has 1 atom stereocenters. The zero-order valence-electron chi connectivity index (χ0n) is 15.1. The standard InChI is InChI=1S/C19H27N3O3/c1-4-8-22-9-7-14-11-15(5-6-17(14)22)21-19(25)18(24)20-12-16(23)10-13(2)3/h5-7,9,11,13,16,23H,4,8,10,12H2,1-3H3,(H,20,24)(H,21,25). The van der Waals surface area contributed by atoms with Crippen LogP contribution in [0.25, 0.3) is 10.9 Å². The smallest absolute Gasteiger partial charge is 0.313 e. The molecule has 2 rings (SSSR count). The van der Waals surface area contributed by atoms with Crippen molar-refractivity contribution in [2.75, 3.05) is 11.9 Å². The number of aromatic nitrogens is 1. The summed E-state index contributed by atoms with van der Waals surface area (Å²) in [6.45, 7) is 7.11. The number of nitrogens with zero attached hydrogens (tertiary/aromatic N) is 1. The molecule has 2 amide bonds. The normalized spacial score (nSPS) is 12.4. The van der Waals surface area contributed by atoms with E-state index in [1.807, 2.05) is 38.2 Å².